The van der Waals surface area contributed by atoms with E-state index in [1.54, 1.807) is 23.1 Å². The van der Waals surface area contributed by atoms with Crippen LogP contribution in [0.2, 0.25) is 0 Å². The summed E-state index contributed by atoms with van der Waals surface area (Å²) < 4.78 is 13.6. The fourth-order valence-electron chi connectivity index (χ4n) is 2.26. The topological polar surface area (TPSA) is 32.3 Å². The average molecular weight is 250 g/mol. The molecule has 98 valence electrons. The van der Waals surface area contributed by atoms with Crippen molar-refractivity contribution in [3.8, 4) is 0 Å². The third-order valence-electron chi connectivity index (χ3n) is 3.86. The number of nitrogens with one attached hydrogen (secondary N) is 1. The fraction of sp³-hybridized carbons (Fsp3) is 0.500. The zero-order valence-corrected chi connectivity index (χ0v) is 10.9. The van der Waals surface area contributed by atoms with Crippen molar-refractivity contribution >= 4 is 5.91 Å². The Hall–Kier alpha value is -1.42. The van der Waals surface area contributed by atoms with Crippen LogP contribution < -0.4 is 5.32 Å². The van der Waals surface area contributed by atoms with E-state index in [0.717, 1.165) is 12.8 Å². The van der Waals surface area contributed by atoms with Gasteiger partial charge in [0, 0.05) is 18.6 Å². The van der Waals surface area contributed by atoms with Crippen LogP contribution in [0.1, 0.15) is 30.1 Å². The first-order valence-electron chi connectivity index (χ1n) is 6.28. The molecule has 1 fully saturated rings. The third kappa shape index (κ3) is 2.53. The van der Waals surface area contributed by atoms with Gasteiger partial charge in [0.15, 0.2) is 0 Å². The number of halogens is 1. The molecule has 0 spiro atoms. The van der Waals surface area contributed by atoms with Gasteiger partial charge in [-0.25, -0.2) is 4.39 Å². The van der Waals surface area contributed by atoms with Crippen LogP contribution in [0, 0.1) is 5.82 Å². The Kier molecular flexibility index (Phi) is 3.66. The van der Waals surface area contributed by atoms with Gasteiger partial charge in [0.05, 0.1) is 5.56 Å². The Morgan fingerprint density at radius 3 is 2.50 bits per heavy atom. The van der Waals surface area contributed by atoms with Crippen LogP contribution in [0.4, 0.5) is 4.39 Å². The predicted molar refractivity (Wildman–Crippen MR) is 69.0 cm³/mol. The first-order chi connectivity index (χ1) is 8.56. The van der Waals surface area contributed by atoms with Crippen LogP contribution in [0.3, 0.4) is 0 Å². The molecular formula is C14H19FN2O. The summed E-state index contributed by atoms with van der Waals surface area (Å²) in [7, 11) is 1.94. The van der Waals surface area contributed by atoms with Gasteiger partial charge in [0.25, 0.3) is 5.91 Å². The smallest absolute Gasteiger partial charge is 0.256 e. The van der Waals surface area contributed by atoms with Crippen molar-refractivity contribution in [3.63, 3.8) is 0 Å². The molecule has 1 saturated heterocycles. The summed E-state index contributed by atoms with van der Waals surface area (Å²) in [6, 6.07) is 6.16. The minimum atomic E-state index is -0.440. The van der Waals surface area contributed by atoms with Gasteiger partial charge >= 0.3 is 0 Å². The number of carbonyl (C=O) groups is 1. The van der Waals surface area contributed by atoms with Gasteiger partial charge in [-0.05, 0) is 38.9 Å². The Balaban J connectivity index is 2.07. The monoisotopic (exact) mass is 250 g/mol. The van der Waals surface area contributed by atoms with E-state index in [1.165, 1.54) is 6.07 Å². The quantitative estimate of drug-likeness (QED) is 0.871. The van der Waals surface area contributed by atoms with Crippen molar-refractivity contribution in [2.24, 2.45) is 0 Å². The van der Waals surface area contributed by atoms with E-state index < -0.39 is 5.82 Å². The molecule has 1 heterocycles. The highest BCUT2D eigenvalue weighted by atomic mass is 19.1. The third-order valence-corrected chi connectivity index (χ3v) is 3.86. The molecule has 1 aromatic rings. The summed E-state index contributed by atoms with van der Waals surface area (Å²) in [5, 5.41) is 3.28. The highest BCUT2D eigenvalue weighted by Gasteiger charge is 2.31. The van der Waals surface area contributed by atoms with Crippen molar-refractivity contribution in [1.29, 1.82) is 0 Å². The van der Waals surface area contributed by atoms with Gasteiger partial charge in [0.2, 0.25) is 0 Å². The van der Waals surface area contributed by atoms with E-state index in [1.807, 2.05) is 7.05 Å². The van der Waals surface area contributed by atoms with E-state index in [-0.39, 0.29) is 17.0 Å². The summed E-state index contributed by atoms with van der Waals surface area (Å²) in [5.41, 5.74) is 0.261. The second-order valence-electron chi connectivity index (χ2n) is 5.08. The maximum Gasteiger partial charge on any atom is 0.256 e. The van der Waals surface area contributed by atoms with E-state index in [4.69, 9.17) is 0 Å². The van der Waals surface area contributed by atoms with Crippen LogP contribution in [0.5, 0.6) is 0 Å². The molecule has 18 heavy (non-hydrogen) atoms. The largest absolute Gasteiger partial charge is 0.338 e. The van der Waals surface area contributed by atoms with Crippen LogP contribution in [0.25, 0.3) is 0 Å². The van der Waals surface area contributed by atoms with Crippen molar-refractivity contribution in [2.45, 2.75) is 25.3 Å². The van der Waals surface area contributed by atoms with Gasteiger partial charge < -0.3 is 10.2 Å². The van der Waals surface area contributed by atoms with Crippen LogP contribution in [-0.2, 0) is 0 Å². The van der Waals surface area contributed by atoms with E-state index in [9.17, 15) is 9.18 Å². The lowest BCUT2D eigenvalue weighted by molar-refractivity contribution is 0.0657. The summed E-state index contributed by atoms with van der Waals surface area (Å²) in [6.07, 6.45) is 1.79. The molecular weight excluding hydrogens is 231 g/mol. The SMILES string of the molecule is CNC1(C)CCN(C(=O)c2ccccc2F)CC1. The first-order valence-corrected chi connectivity index (χ1v) is 6.28. The zero-order chi connectivity index (χ0) is 13.2. The molecule has 0 aliphatic carbocycles. The number of likely N-dealkylation sites (tertiary alicyclic amines) is 1. The first kappa shape index (κ1) is 13.0. The van der Waals surface area contributed by atoms with Gasteiger partial charge in [-0.2, -0.15) is 0 Å². The molecule has 3 nitrogen and oxygen atoms in total. The standard InChI is InChI=1S/C14H19FN2O/c1-14(16-2)7-9-17(10-8-14)13(18)11-5-3-4-6-12(11)15/h3-6,16H,7-10H2,1-2H3. The zero-order valence-electron chi connectivity index (χ0n) is 10.9. The lowest BCUT2D eigenvalue weighted by Gasteiger charge is -2.39. The van der Waals surface area contributed by atoms with Crippen molar-refractivity contribution in [1.82, 2.24) is 10.2 Å². The van der Waals surface area contributed by atoms with E-state index >= 15 is 0 Å². The number of amides is 1. The Morgan fingerprint density at radius 1 is 1.33 bits per heavy atom. The molecule has 1 N–H and O–H groups in total. The fourth-order valence-corrected chi connectivity index (χ4v) is 2.26. The lowest BCUT2D eigenvalue weighted by Crippen LogP contribution is -2.51. The van der Waals surface area contributed by atoms with E-state index in [2.05, 4.69) is 12.2 Å². The normalized spacial score (nSPS) is 18.7. The second-order valence-corrected chi connectivity index (χ2v) is 5.08. The van der Waals surface area contributed by atoms with Crippen LogP contribution in [-0.4, -0.2) is 36.5 Å². The molecule has 0 radical (unpaired) electrons. The van der Waals surface area contributed by atoms with Crippen molar-refractivity contribution < 1.29 is 9.18 Å². The molecule has 2 rings (SSSR count). The summed E-state index contributed by atoms with van der Waals surface area (Å²) in [6.45, 7) is 3.49. The Bertz CT molecular complexity index is 439. The second kappa shape index (κ2) is 5.06. The van der Waals surface area contributed by atoms with Crippen LogP contribution >= 0.6 is 0 Å². The number of nitrogens with zero attached hydrogens (tertiary/aromatic N) is 1. The van der Waals surface area contributed by atoms with E-state index in [0.29, 0.717) is 13.1 Å². The van der Waals surface area contributed by atoms with Gasteiger partial charge in [-0.3, -0.25) is 4.79 Å². The summed E-state index contributed by atoms with van der Waals surface area (Å²) >= 11 is 0. The number of carbonyl (C=O) groups excluding carboxylic acids is 1. The number of hydrogen-bond acceptors (Lipinski definition) is 2. The molecule has 0 saturated carbocycles. The van der Waals surface area contributed by atoms with Gasteiger partial charge in [-0.15, -0.1) is 0 Å². The summed E-state index contributed by atoms with van der Waals surface area (Å²) in [5.74, 6) is -0.643. The summed E-state index contributed by atoms with van der Waals surface area (Å²) in [4.78, 5) is 13.9. The highest BCUT2D eigenvalue weighted by molar-refractivity contribution is 5.94. The maximum atomic E-state index is 13.6. The minimum Gasteiger partial charge on any atom is -0.338 e. The molecule has 0 atom stereocenters. The lowest BCUT2D eigenvalue weighted by atomic mass is 9.89. The number of hydrogen-bond donors (Lipinski definition) is 1. The molecule has 1 aliphatic heterocycles. The van der Waals surface area contributed by atoms with Crippen molar-refractivity contribution in [3.05, 3.63) is 35.6 Å². The highest BCUT2D eigenvalue weighted by Crippen LogP contribution is 2.22. The average Bonchev–Trinajstić information content (AvgIpc) is 2.39. The minimum absolute atomic E-state index is 0.0893. The molecule has 1 amide bonds. The number of rotatable bonds is 2. The Labute approximate surface area is 107 Å². The van der Waals surface area contributed by atoms with Gasteiger partial charge in [0.1, 0.15) is 5.82 Å². The molecule has 1 aliphatic rings. The predicted octanol–water partition coefficient (Wildman–Crippen LogP) is 2.04. The van der Waals surface area contributed by atoms with Gasteiger partial charge in [-0.1, -0.05) is 12.1 Å². The molecule has 1 aromatic carbocycles. The number of benzene rings is 1. The maximum absolute atomic E-state index is 13.6. The number of piperidine rings is 1. The van der Waals surface area contributed by atoms with Crippen molar-refractivity contribution in [2.75, 3.05) is 20.1 Å². The molecule has 0 unspecified atom stereocenters. The molecule has 4 heteroatoms. The molecule has 0 bridgehead atoms. The molecule has 0 aromatic heterocycles. The Morgan fingerprint density at radius 2 is 1.94 bits per heavy atom. The van der Waals surface area contributed by atoms with Crippen LogP contribution in [0.15, 0.2) is 24.3 Å².